The number of hydrogen-bond acceptors (Lipinski definition) is 5. The summed E-state index contributed by atoms with van der Waals surface area (Å²) in [5.41, 5.74) is 5.03. The van der Waals surface area contributed by atoms with Crippen LogP contribution < -0.4 is 11.1 Å². The molecule has 0 radical (unpaired) electrons. The van der Waals surface area contributed by atoms with E-state index in [1.165, 1.54) is 0 Å². The predicted octanol–water partition coefficient (Wildman–Crippen LogP) is -0.261. The summed E-state index contributed by atoms with van der Waals surface area (Å²) in [5, 5.41) is 3.15. The molecule has 0 aromatic carbocycles. The van der Waals surface area contributed by atoms with E-state index >= 15 is 0 Å². The van der Waals surface area contributed by atoms with Crippen molar-refractivity contribution < 1.29 is 13.2 Å². The van der Waals surface area contributed by atoms with Crippen molar-refractivity contribution in [3.63, 3.8) is 0 Å². The molecular weight excluding hydrogens is 290 g/mol. The van der Waals surface area contributed by atoms with Gasteiger partial charge in [-0.05, 0) is 45.7 Å². The average molecular weight is 317 g/mol. The second-order valence-electron chi connectivity index (χ2n) is 6.46. The molecule has 1 amide bonds. The van der Waals surface area contributed by atoms with E-state index in [2.05, 4.69) is 10.2 Å². The Balaban J connectivity index is 1.95. The molecule has 0 bridgehead atoms. The summed E-state index contributed by atoms with van der Waals surface area (Å²) in [6.07, 6.45) is 3.70. The van der Waals surface area contributed by atoms with Gasteiger partial charge in [-0.15, -0.1) is 0 Å². The molecule has 3 unspecified atom stereocenters. The summed E-state index contributed by atoms with van der Waals surface area (Å²) in [7, 11) is -1.07. The molecule has 1 heterocycles. The second kappa shape index (κ2) is 6.22. The number of carbonyl (C=O) groups is 1. The third-order valence-corrected chi connectivity index (χ3v) is 7.07. The number of carbonyl (C=O) groups excluding carboxylic acids is 1. The van der Waals surface area contributed by atoms with Crippen LogP contribution in [0.2, 0.25) is 0 Å². The minimum Gasteiger partial charge on any atom is -0.368 e. The van der Waals surface area contributed by atoms with Crippen LogP contribution in [0.5, 0.6) is 0 Å². The molecule has 1 saturated carbocycles. The van der Waals surface area contributed by atoms with Crippen molar-refractivity contribution in [2.24, 2.45) is 11.7 Å². The molecule has 0 aromatic rings. The van der Waals surface area contributed by atoms with E-state index in [-0.39, 0.29) is 29.4 Å². The number of primary amides is 1. The van der Waals surface area contributed by atoms with Gasteiger partial charge >= 0.3 is 0 Å². The maximum absolute atomic E-state index is 11.8. The highest BCUT2D eigenvalue weighted by molar-refractivity contribution is 7.91. The Morgan fingerprint density at radius 2 is 2.19 bits per heavy atom. The minimum atomic E-state index is -2.87. The SMILES string of the molecule is CNC1(C(N)=O)CCCC1CCN1CCS(=O)(=O)CC1C. The summed E-state index contributed by atoms with van der Waals surface area (Å²) in [5.74, 6) is 0.465. The van der Waals surface area contributed by atoms with Crippen LogP contribution in [-0.4, -0.2) is 62.4 Å². The van der Waals surface area contributed by atoms with E-state index in [1.54, 1.807) is 7.05 Å². The van der Waals surface area contributed by atoms with Crippen LogP contribution in [0.4, 0.5) is 0 Å². The number of nitrogens with two attached hydrogens (primary N) is 1. The number of nitrogens with one attached hydrogen (secondary N) is 1. The first-order valence-corrected chi connectivity index (χ1v) is 9.56. The molecule has 7 heteroatoms. The Hall–Kier alpha value is -0.660. The first-order chi connectivity index (χ1) is 9.81. The predicted molar refractivity (Wildman–Crippen MR) is 82.6 cm³/mol. The van der Waals surface area contributed by atoms with Crippen molar-refractivity contribution in [2.45, 2.75) is 44.2 Å². The Morgan fingerprint density at radius 1 is 1.48 bits per heavy atom. The van der Waals surface area contributed by atoms with Gasteiger partial charge in [0.15, 0.2) is 9.84 Å². The molecule has 2 rings (SSSR count). The Kier molecular flexibility index (Phi) is 4.95. The van der Waals surface area contributed by atoms with E-state index in [4.69, 9.17) is 5.73 Å². The zero-order valence-electron chi connectivity index (χ0n) is 13.0. The van der Waals surface area contributed by atoms with Crippen molar-refractivity contribution in [1.82, 2.24) is 10.2 Å². The normalized spacial score (nSPS) is 36.7. The van der Waals surface area contributed by atoms with Crippen molar-refractivity contribution in [3.8, 4) is 0 Å². The van der Waals surface area contributed by atoms with Gasteiger partial charge in [-0.25, -0.2) is 8.42 Å². The molecule has 122 valence electrons. The summed E-state index contributed by atoms with van der Waals surface area (Å²) < 4.78 is 23.2. The second-order valence-corrected chi connectivity index (χ2v) is 8.69. The van der Waals surface area contributed by atoms with Gasteiger partial charge in [-0.3, -0.25) is 9.69 Å². The Labute approximate surface area is 127 Å². The van der Waals surface area contributed by atoms with E-state index in [0.29, 0.717) is 6.54 Å². The number of likely N-dealkylation sites (N-methyl/N-ethyl adjacent to an activating group) is 1. The quantitative estimate of drug-likeness (QED) is 0.729. The molecule has 0 spiro atoms. The standard InChI is InChI=1S/C14H27N3O3S/c1-11-10-21(19,20)9-8-17(11)7-5-12-4-3-6-14(12,16-2)13(15)18/h11-12,16H,3-10H2,1-2H3,(H2,15,18). The fourth-order valence-corrected chi connectivity index (χ4v) is 5.56. The first kappa shape index (κ1) is 16.7. The van der Waals surface area contributed by atoms with Gasteiger partial charge in [0.2, 0.25) is 5.91 Å². The lowest BCUT2D eigenvalue weighted by Crippen LogP contribution is -2.57. The molecule has 1 saturated heterocycles. The highest BCUT2D eigenvalue weighted by atomic mass is 32.2. The molecular formula is C14H27N3O3S. The lowest BCUT2D eigenvalue weighted by Gasteiger charge is -2.37. The van der Waals surface area contributed by atoms with E-state index in [1.807, 2.05) is 6.92 Å². The third kappa shape index (κ3) is 3.40. The van der Waals surface area contributed by atoms with Gasteiger partial charge < -0.3 is 11.1 Å². The summed E-state index contributed by atoms with van der Waals surface area (Å²) in [4.78, 5) is 14.1. The highest BCUT2D eigenvalue weighted by Gasteiger charge is 2.46. The molecule has 0 aromatic heterocycles. The molecule has 2 fully saturated rings. The fraction of sp³-hybridized carbons (Fsp3) is 0.929. The Bertz CT molecular complexity index is 494. The smallest absolute Gasteiger partial charge is 0.238 e. The largest absolute Gasteiger partial charge is 0.368 e. The zero-order valence-corrected chi connectivity index (χ0v) is 13.8. The van der Waals surface area contributed by atoms with Crippen LogP contribution in [0.1, 0.15) is 32.6 Å². The van der Waals surface area contributed by atoms with Crippen LogP contribution in [-0.2, 0) is 14.6 Å². The fourth-order valence-electron chi connectivity index (χ4n) is 3.93. The van der Waals surface area contributed by atoms with Crippen LogP contribution in [0.15, 0.2) is 0 Å². The van der Waals surface area contributed by atoms with Crippen molar-refractivity contribution in [3.05, 3.63) is 0 Å². The maximum atomic E-state index is 11.8. The molecule has 6 nitrogen and oxygen atoms in total. The lowest BCUT2D eigenvalue weighted by atomic mass is 9.84. The minimum absolute atomic E-state index is 0.0581. The third-order valence-electron chi connectivity index (χ3n) is 5.28. The highest BCUT2D eigenvalue weighted by Crippen LogP contribution is 2.37. The van der Waals surface area contributed by atoms with Gasteiger partial charge in [0.1, 0.15) is 5.54 Å². The van der Waals surface area contributed by atoms with Crippen LogP contribution in [0.25, 0.3) is 0 Å². The maximum Gasteiger partial charge on any atom is 0.238 e. The zero-order chi connectivity index (χ0) is 15.7. The first-order valence-electron chi connectivity index (χ1n) is 7.74. The summed E-state index contributed by atoms with van der Waals surface area (Å²) in [6, 6.07) is 0.0581. The molecule has 3 atom stereocenters. The van der Waals surface area contributed by atoms with Crippen molar-refractivity contribution in [1.29, 1.82) is 0 Å². The topological polar surface area (TPSA) is 92.5 Å². The van der Waals surface area contributed by atoms with Crippen LogP contribution in [0, 0.1) is 5.92 Å². The van der Waals surface area contributed by atoms with Gasteiger partial charge in [0.05, 0.1) is 11.5 Å². The number of sulfone groups is 1. The lowest BCUT2D eigenvalue weighted by molar-refractivity contribution is -0.125. The number of rotatable bonds is 5. The number of amides is 1. The molecule has 2 aliphatic rings. The molecule has 21 heavy (non-hydrogen) atoms. The Morgan fingerprint density at radius 3 is 2.76 bits per heavy atom. The van der Waals surface area contributed by atoms with Gasteiger partial charge in [-0.2, -0.15) is 0 Å². The van der Waals surface area contributed by atoms with E-state index in [0.717, 1.165) is 32.2 Å². The average Bonchev–Trinajstić information content (AvgIpc) is 2.81. The number of nitrogens with zero attached hydrogens (tertiary/aromatic N) is 1. The number of hydrogen-bond donors (Lipinski definition) is 2. The molecule has 1 aliphatic heterocycles. The molecule has 1 aliphatic carbocycles. The van der Waals surface area contributed by atoms with Crippen molar-refractivity contribution >= 4 is 15.7 Å². The van der Waals surface area contributed by atoms with Gasteiger partial charge in [0, 0.05) is 12.6 Å². The summed E-state index contributed by atoms with van der Waals surface area (Å²) in [6.45, 7) is 3.39. The van der Waals surface area contributed by atoms with Crippen LogP contribution >= 0.6 is 0 Å². The molecule has 3 N–H and O–H groups in total. The van der Waals surface area contributed by atoms with Gasteiger partial charge in [0.25, 0.3) is 0 Å². The summed E-state index contributed by atoms with van der Waals surface area (Å²) >= 11 is 0. The van der Waals surface area contributed by atoms with Crippen LogP contribution in [0.3, 0.4) is 0 Å². The van der Waals surface area contributed by atoms with Gasteiger partial charge in [-0.1, -0.05) is 6.42 Å². The van der Waals surface area contributed by atoms with E-state index in [9.17, 15) is 13.2 Å². The van der Waals surface area contributed by atoms with Crippen molar-refractivity contribution in [2.75, 3.05) is 31.6 Å². The monoisotopic (exact) mass is 317 g/mol. The van der Waals surface area contributed by atoms with E-state index < -0.39 is 15.4 Å².